The van der Waals surface area contributed by atoms with Gasteiger partial charge in [0, 0.05) is 24.1 Å². The molecule has 0 radical (unpaired) electrons. The molecule has 1 fully saturated rings. The van der Waals surface area contributed by atoms with Gasteiger partial charge < -0.3 is 9.64 Å². The van der Waals surface area contributed by atoms with E-state index in [2.05, 4.69) is 5.10 Å². The Morgan fingerprint density at radius 3 is 2.62 bits per heavy atom. The third-order valence-electron chi connectivity index (χ3n) is 5.41. The predicted molar refractivity (Wildman–Crippen MR) is 121 cm³/mol. The van der Waals surface area contributed by atoms with Crippen LogP contribution in [0.5, 0.6) is 0 Å². The van der Waals surface area contributed by atoms with Gasteiger partial charge in [0.15, 0.2) is 21.8 Å². The number of rotatable bonds is 5. The number of ether oxygens (including phenoxy) is 1. The summed E-state index contributed by atoms with van der Waals surface area (Å²) in [5.74, 6) is -0.109. The number of sulfone groups is 1. The average molecular weight is 514 g/mol. The molecule has 1 amide bonds. The van der Waals surface area contributed by atoms with Crippen LogP contribution in [0.25, 0.3) is 21.0 Å². The highest BCUT2D eigenvalue weighted by Gasteiger charge is 2.37. The molecule has 0 aliphatic carbocycles. The van der Waals surface area contributed by atoms with Crippen molar-refractivity contribution in [1.82, 2.24) is 14.7 Å². The van der Waals surface area contributed by atoms with Crippen LogP contribution in [-0.2, 0) is 25.5 Å². The average Bonchev–Trinajstić information content (AvgIpc) is 3.45. The van der Waals surface area contributed by atoms with Crippen molar-refractivity contribution in [3.8, 4) is 21.0 Å². The maximum absolute atomic E-state index is 13.5. The number of amides is 1. The molecular formula is C22H22F3N3O4S2. The van der Waals surface area contributed by atoms with E-state index in [9.17, 15) is 26.4 Å². The van der Waals surface area contributed by atoms with Gasteiger partial charge >= 0.3 is 6.18 Å². The van der Waals surface area contributed by atoms with Gasteiger partial charge in [-0.05, 0) is 35.9 Å². The smallest absolute Gasteiger partial charge is 0.353 e. The number of halogens is 3. The van der Waals surface area contributed by atoms with Crippen LogP contribution < -0.4 is 0 Å². The molecule has 1 atom stereocenters. The van der Waals surface area contributed by atoms with Gasteiger partial charge in [-0.3, -0.25) is 4.79 Å². The molecule has 7 nitrogen and oxygen atoms in total. The Hall–Kier alpha value is -2.70. The number of alkyl halides is 3. The summed E-state index contributed by atoms with van der Waals surface area (Å²) < 4.78 is 71.2. The van der Waals surface area contributed by atoms with Gasteiger partial charge in [0.2, 0.25) is 5.91 Å². The molecule has 1 saturated heterocycles. The molecule has 1 aliphatic rings. The lowest BCUT2D eigenvalue weighted by Crippen LogP contribution is -2.44. The van der Waals surface area contributed by atoms with Crippen LogP contribution in [0.2, 0.25) is 0 Å². The van der Waals surface area contributed by atoms with Crippen LogP contribution in [0.3, 0.4) is 0 Å². The summed E-state index contributed by atoms with van der Waals surface area (Å²) in [6.07, 6.45) is -4.13. The monoisotopic (exact) mass is 513 g/mol. The lowest BCUT2D eigenvalue weighted by Gasteiger charge is -2.33. The first kappa shape index (κ1) is 24.4. The molecule has 1 aromatic carbocycles. The number of carbonyl (C=O) groups excluding carboxylic acids is 1. The third-order valence-corrected chi connectivity index (χ3v) is 7.67. The molecule has 182 valence electrons. The quantitative estimate of drug-likeness (QED) is 0.503. The summed E-state index contributed by atoms with van der Waals surface area (Å²) >= 11 is 1.21. The SMILES string of the molecule is CCC(=O)N1CCOC(n2nc(C(F)(F)F)cc2-c2ccc(-c3cccc(S(C)(=O)=O)c3)s2)C1. The van der Waals surface area contributed by atoms with E-state index in [1.807, 2.05) is 0 Å². The fraction of sp³-hybridized carbons (Fsp3) is 0.364. The van der Waals surface area contributed by atoms with E-state index in [0.717, 1.165) is 12.3 Å². The highest BCUT2D eigenvalue weighted by Crippen LogP contribution is 2.39. The van der Waals surface area contributed by atoms with Crippen LogP contribution in [-0.4, -0.2) is 55.0 Å². The second-order valence-electron chi connectivity index (χ2n) is 7.84. The van der Waals surface area contributed by atoms with Crippen molar-refractivity contribution in [3.63, 3.8) is 0 Å². The second kappa shape index (κ2) is 9.16. The number of hydrogen-bond acceptors (Lipinski definition) is 6. The fourth-order valence-corrected chi connectivity index (χ4v) is 5.35. The Bertz CT molecular complexity index is 1310. The molecule has 1 unspecified atom stereocenters. The number of hydrogen-bond donors (Lipinski definition) is 0. The Balaban J connectivity index is 1.73. The van der Waals surface area contributed by atoms with Crippen molar-refractivity contribution in [2.24, 2.45) is 0 Å². The number of thiophene rings is 1. The molecule has 4 rings (SSSR count). The number of morpholine rings is 1. The maximum Gasteiger partial charge on any atom is 0.435 e. The Morgan fingerprint density at radius 2 is 1.94 bits per heavy atom. The van der Waals surface area contributed by atoms with Gasteiger partial charge in [-0.25, -0.2) is 13.1 Å². The number of carbonyl (C=O) groups is 1. The van der Waals surface area contributed by atoms with E-state index < -0.39 is 27.9 Å². The topological polar surface area (TPSA) is 81.5 Å². The van der Waals surface area contributed by atoms with Crippen LogP contribution in [0.15, 0.2) is 47.4 Å². The lowest BCUT2D eigenvalue weighted by molar-refractivity contribution is -0.147. The van der Waals surface area contributed by atoms with Gasteiger partial charge in [-0.15, -0.1) is 11.3 Å². The molecule has 12 heteroatoms. The molecule has 2 aromatic heterocycles. The van der Waals surface area contributed by atoms with Crippen molar-refractivity contribution in [2.75, 3.05) is 26.0 Å². The number of benzene rings is 1. The largest absolute Gasteiger partial charge is 0.435 e. The van der Waals surface area contributed by atoms with Gasteiger partial charge in [0.05, 0.1) is 28.6 Å². The van der Waals surface area contributed by atoms with E-state index >= 15 is 0 Å². The summed E-state index contributed by atoms with van der Waals surface area (Å²) in [5, 5.41) is 3.79. The lowest BCUT2D eigenvalue weighted by atomic mass is 10.2. The molecule has 3 aromatic rings. The zero-order valence-electron chi connectivity index (χ0n) is 18.4. The summed E-state index contributed by atoms with van der Waals surface area (Å²) in [7, 11) is -3.41. The Labute approximate surface area is 198 Å². The van der Waals surface area contributed by atoms with E-state index in [0.29, 0.717) is 21.9 Å². The first-order valence-corrected chi connectivity index (χ1v) is 13.1. The first-order valence-electron chi connectivity index (χ1n) is 10.4. The molecule has 0 N–H and O–H groups in total. The molecule has 0 spiro atoms. The van der Waals surface area contributed by atoms with Crippen LogP contribution >= 0.6 is 11.3 Å². The zero-order chi connectivity index (χ0) is 24.7. The number of nitrogens with zero attached hydrogens (tertiary/aromatic N) is 3. The minimum Gasteiger partial charge on any atom is -0.353 e. The van der Waals surface area contributed by atoms with E-state index in [4.69, 9.17) is 4.74 Å². The summed E-state index contributed by atoms with van der Waals surface area (Å²) in [4.78, 5) is 15.0. The molecule has 1 aliphatic heterocycles. The van der Waals surface area contributed by atoms with Crippen molar-refractivity contribution < 1.29 is 31.1 Å². The molecule has 0 bridgehead atoms. The second-order valence-corrected chi connectivity index (χ2v) is 10.9. The van der Waals surface area contributed by atoms with E-state index in [1.54, 1.807) is 36.1 Å². The first-order chi connectivity index (χ1) is 16.0. The van der Waals surface area contributed by atoms with Crippen molar-refractivity contribution >= 4 is 27.1 Å². The van der Waals surface area contributed by atoms with Gasteiger partial charge in [-0.1, -0.05) is 19.1 Å². The third kappa shape index (κ3) is 5.03. The zero-order valence-corrected chi connectivity index (χ0v) is 20.0. The normalized spacial score (nSPS) is 17.2. The Kier molecular flexibility index (Phi) is 6.58. The van der Waals surface area contributed by atoms with Crippen LogP contribution in [0.4, 0.5) is 13.2 Å². The maximum atomic E-state index is 13.5. The standard InChI is InChI=1S/C22H22F3N3O4S2/c1-3-20(29)27-9-10-32-21(13-27)28-16(12-19(26-28)22(23,24)25)18-8-7-17(33-18)14-5-4-6-15(11-14)34(2,30)31/h4-8,11-12,21H,3,9-10,13H2,1-2H3. The van der Waals surface area contributed by atoms with E-state index in [-0.39, 0.29) is 36.1 Å². The molecule has 0 saturated carbocycles. The fourth-order valence-electron chi connectivity index (χ4n) is 3.68. The molecule has 3 heterocycles. The van der Waals surface area contributed by atoms with Crippen molar-refractivity contribution in [3.05, 3.63) is 48.2 Å². The highest BCUT2D eigenvalue weighted by atomic mass is 32.2. The van der Waals surface area contributed by atoms with Gasteiger partial charge in [-0.2, -0.15) is 18.3 Å². The molecular weight excluding hydrogens is 491 g/mol. The summed E-state index contributed by atoms with van der Waals surface area (Å²) in [6, 6.07) is 10.7. The van der Waals surface area contributed by atoms with Gasteiger partial charge in [0.1, 0.15) is 0 Å². The van der Waals surface area contributed by atoms with Gasteiger partial charge in [0.25, 0.3) is 0 Å². The van der Waals surface area contributed by atoms with Crippen LogP contribution in [0.1, 0.15) is 25.3 Å². The highest BCUT2D eigenvalue weighted by molar-refractivity contribution is 7.90. The number of aromatic nitrogens is 2. The Morgan fingerprint density at radius 1 is 1.21 bits per heavy atom. The predicted octanol–water partition coefficient (Wildman–Crippen LogP) is 4.47. The van der Waals surface area contributed by atoms with E-state index in [1.165, 1.54) is 28.2 Å². The minimum atomic E-state index is -4.66. The van der Waals surface area contributed by atoms with Crippen LogP contribution in [0, 0.1) is 0 Å². The van der Waals surface area contributed by atoms with Crippen molar-refractivity contribution in [2.45, 2.75) is 30.6 Å². The molecule has 34 heavy (non-hydrogen) atoms. The summed E-state index contributed by atoms with van der Waals surface area (Å²) in [6.45, 7) is 2.36. The minimum absolute atomic E-state index is 0.0906. The van der Waals surface area contributed by atoms with Crippen molar-refractivity contribution in [1.29, 1.82) is 0 Å². The summed E-state index contributed by atoms with van der Waals surface area (Å²) in [5.41, 5.74) is -0.215.